The maximum absolute atomic E-state index is 13.2. The van der Waals surface area contributed by atoms with Crippen LogP contribution in [0.25, 0.3) is 11.1 Å². The number of nitrogens with one attached hydrogen (secondary N) is 2. The highest BCUT2D eigenvalue weighted by Gasteiger charge is 2.41. The van der Waals surface area contributed by atoms with Crippen molar-refractivity contribution in [3.63, 3.8) is 0 Å². The van der Waals surface area contributed by atoms with Crippen LogP contribution in [0, 0.1) is 5.92 Å². The van der Waals surface area contributed by atoms with E-state index in [1.54, 1.807) is 36.9 Å². The second kappa shape index (κ2) is 9.11. The summed E-state index contributed by atoms with van der Waals surface area (Å²) in [5.41, 5.74) is 3.55. The molecule has 2 atom stereocenters. The van der Waals surface area contributed by atoms with Crippen LogP contribution in [0.2, 0.25) is 0 Å². The molecule has 168 valence electrons. The number of H-pyrrole nitrogens is 1. The van der Waals surface area contributed by atoms with Crippen molar-refractivity contribution in [3.8, 4) is 22.6 Å². The molecule has 2 aromatic carbocycles. The molecule has 1 aromatic heterocycles. The van der Waals surface area contributed by atoms with Gasteiger partial charge in [0.2, 0.25) is 10.0 Å². The fourth-order valence-corrected chi connectivity index (χ4v) is 5.67. The summed E-state index contributed by atoms with van der Waals surface area (Å²) in [7, 11) is -3.92. The quantitative estimate of drug-likeness (QED) is 0.387. The number of carbonyl (C=O) groups is 1. The van der Waals surface area contributed by atoms with Gasteiger partial charge in [-0.1, -0.05) is 19.1 Å². The van der Waals surface area contributed by atoms with Crippen molar-refractivity contribution < 1.29 is 23.2 Å². The molecule has 1 amide bonds. The van der Waals surface area contributed by atoms with E-state index in [2.05, 4.69) is 10.2 Å². The number of nitrogens with zero attached hydrogens (tertiary/aromatic N) is 2. The standard InChI is InChI=1S/C22H24N4O5S/c1-15-3-2-12-26(21(15)22(27)25-28)32(29,30)20-10-8-19(9-11-20)31-18-6-4-16(5-7-18)17-13-23-24-14-17/h4-11,13-15,21,28H,2-3,12H2,1H3,(H,23,24)(H,25,27)/t15-,21?/m0/s1. The molecule has 10 heteroatoms. The van der Waals surface area contributed by atoms with Crippen LogP contribution in [0.15, 0.2) is 65.8 Å². The normalized spacial score (nSPS) is 19.4. The summed E-state index contributed by atoms with van der Waals surface area (Å²) in [6, 6.07) is 12.6. The van der Waals surface area contributed by atoms with Crippen molar-refractivity contribution in [1.29, 1.82) is 0 Å². The van der Waals surface area contributed by atoms with Crippen LogP contribution >= 0.6 is 0 Å². The molecule has 1 aliphatic rings. The SMILES string of the molecule is C[C@H]1CCCN(S(=O)(=O)c2ccc(Oc3ccc(-c4cn[nH]c4)cc3)cc2)C1C(=O)NO. The minimum Gasteiger partial charge on any atom is -0.457 e. The van der Waals surface area contributed by atoms with Crippen LogP contribution < -0.4 is 10.2 Å². The summed E-state index contributed by atoms with van der Waals surface area (Å²) in [4.78, 5) is 12.2. The molecule has 0 aliphatic carbocycles. The fourth-order valence-electron chi connectivity index (χ4n) is 3.95. The van der Waals surface area contributed by atoms with Crippen LogP contribution in [-0.4, -0.2) is 46.6 Å². The number of hydroxylamine groups is 1. The van der Waals surface area contributed by atoms with Crippen LogP contribution in [0.1, 0.15) is 19.8 Å². The molecular formula is C22H24N4O5S. The van der Waals surface area contributed by atoms with Crippen LogP contribution in [0.5, 0.6) is 11.5 Å². The number of hydrogen-bond donors (Lipinski definition) is 3. The largest absolute Gasteiger partial charge is 0.457 e. The Kier molecular flexibility index (Phi) is 6.26. The molecule has 0 bridgehead atoms. The number of amides is 1. The lowest BCUT2D eigenvalue weighted by molar-refractivity contribution is -0.135. The van der Waals surface area contributed by atoms with E-state index in [0.717, 1.165) is 15.4 Å². The van der Waals surface area contributed by atoms with Gasteiger partial charge >= 0.3 is 0 Å². The molecular weight excluding hydrogens is 432 g/mol. The summed E-state index contributed by atoms with van der Waals surface area (Å²) in [5.74, 6) is 0.159. The van der Waals surface area contributed by atoms with Crippen molar-refractivity contribution in [2.24, 2.45) is 5.92 Å². The topological polar surface area (TPSA) is 125 Å². The highest BCUT2D eigenvalue weighted by Crippen LogP contribution is 2.31. The number of sulfonamides is 1. The molecule has 4 rings (SSSR count). The number of aromatic nitrogens is 2. The predicted molar refractivity (Wildman–Crippen MR) is 117 cm³/mol. The third kappa shape index (κ3) is 4.38. The first kappa shape index (κ1) is 22.0. The van der Waals surface area contributed by atoms with Crippen LogP contribution in [-0.2, 0) is 14.8 Å². The molecule has 0 radical (unpaired) electrons. The van der Waals surface area contributed by atoms with Gasteiger partial charge in [0.25, 0.3) is 5.91 Å². The number of rotatable bonds is 6. The summed E-state index contributed by atoms with van der Waals surface area (Å²) >= 11 is 0. The lowest BCUT2D eigenvalue weighted by atomic mass is 9.92. The van der Waals surface area contributed by atoms with Gasteiger partial charge in [-0.2, -0.15) is 9.40 Å². The first-order valence-corrected chi connectivity index (χ1v) is 11.7. The summed E-state index contributed by atoms with van der Waals surface area (Å²) in [6.45, 7) is 2.02. The molecule has 32 heavy (non-hydrogen) atoms. The molecule has 1 aliphatic heterocycles. The van der Waals surface area contributed by atoms with Crippen molar-refractivity contribution in [2.45, 2.75) is 30.7 Å². The number of aromatic amines is 1. The first-order valence-electron chi connectivity index (χ1n) is 10.2. The maximum Gasteiger partial charge on any atom is 0.262 e. The number of ether oxygens (including phenoxy) is 1. The Hall–Kier alpha value is -3.21. The molecule has 2 heterocycles. The Labute approximate surface area is 186 Å². The average Bonchev–Trinajstić information content (AvgIpc) is 3.34. The van der Waals surface area contributed by atoms with Gasteiger partial charge in [0, 0.05) is 18.3 Å². The first-order chi connectivity index (χ1) is 15.4. The zero-order valence-electron chi connectivity index (χ0n) is 17.4. The predicted octanol–water partition coefficient (Wildman–Crippen LogP) is 3.16. The third-order valence-corrected chi connectivity index (χ3v) is 7.51. The van der Waals surface area contributed by atoms with E-state index >= 15 is 0 Å². The summed E-state index contributed by atoms with van der Waals surface area (Å²) in [5, 5.41) is 15.8. The molecule has 0 saturated carbocycles. The van der Waals surface area contributed by atoms with Crippen LogP contribution in [0.3, 0.4) is 0 Å². The Morgan fingerprint density at radius 1 is 1.12 bits per heavy atom. The van der Waals surface area contributed by atoms with Gasteiger partial charge in [-0.05, 0) is 60.7 Å². The highest BCUT2D eigenvalue weighted by atomic mass is 32.2. The van der Waals surface area contributed by atoms with E-state index in [0.29, 0.717) is 24.3 Å². The number of benzene rings is 2. The average molecular weight is 457 g/mol. The van der Waals surface area contributed by atoms with Gasteiger partial charge in [0.1, 0.15) is 17.5 Å². The van der Waals surface area contributed by atoms with Crippen molar-refractivity contribution in [1.82, 2.24) is 20.0 Å². The second-order valence-electron chi connectivity index (χ2n) is 7.74. The molecule has 0 spiro atoms. The minimum absolute atomic E-state index is 0.0602. The zero-order valence-corrected chi connectivity index (χ0v) is 18.2. The molecule has 1 saturated heterocycles. The maximum atomic E-state index is 13.2. The molecule has 1 fully saturated rings. The second-order valence-corrected chi connectivity index (χ2v) is 9.63. The zero-order chi connectivity index (χ0) is 22.7. The van der Waals surface area contributed by atoms with Gasteiger partial charge in [0.15, 0.2) is 0 Å². The van der Waals surface area contributed by atoms with E-state index in [9.17, 15) is 13.2 Å². The number of piperidine rings is 1. The van der Waals surface area contributed by atoms with Gasteiger partial charge in [-0.15, -0.1) is 0 Å². The third-order valence-electron chi connectivity index (χ3n) is 5.62. The van der Waals surface area contributed by atoms with Crippen molar-refractivity contribution in [3.05, 3.63) is 60.9 Å². The Balaban J connectivity index is 1.50. The molecule has 3 N–H and O–H groups in total. The van der Waals surface area contributed by atoms with Crippen molar-refractivity contribution in [2.75, 3.05) is 6.54 Å². The van der Waals surface area contributed by atoms with Gasteiger partial charge in [-0.3, -0.25) is 15.1 Å². The minimum atomic E-state index is -3.92. The number of hydrogen-bond acceptors (Lipinski definition) is 6. The lowest BCUT2D eigenvalue weighted by Crippen LogP contribution is -2.54. The smallest absolute Gasteiger partial charge is 0.262 e. The summed E-state index contributed by atoms with van der Waals surface area (Å²) < 4.78 is 33.4. The highest BCUT2D eigenvalue weighted by molar-refractivity contribution is 7.89. The van der Waals surface area contributed by atoms with Crippen LogP contribution in [0.4, 0.5) is 0 Å². The molecule has 1 unspecified atom stereocenters. The number of carbonyl (C=O) groups excluding carboxylic acids is 1. The van der Waals surface area contributed by atoms with Gasteiger partial charge in [-0.25, -0.2) is 13.9 Å². The molecule has 3 aromatic rings. The Bertz CT molecular complexity index is 1160. The van der Waals surface area contributed by atoms with E-state index < -0.39 is 22.0 Å². The Morgan fingerprint density at radius 2 is 1.78 bits per heavy atom. The van der Waals surface area contributed by atoms with E-state index in [1.165, 1.54) is 12.1 Å². The fraction of sp³-hybridized carbons (Fsp3) is 0.273. The van der Waals surface area contributed by atoms with Crippen molar-refractivity contribution >= 4 is 15.9 Å². The monoisotopic (exact) mass is 456 g/mol. The Morgan fingerprint density at radius 3 is 2.38 bits per heavy atom. The van der Waals surface area contributed by atoms with E-state index in [1.807, 2.05) is 24.3 Å². The van der Waals surface area contributed by atoms with Gasteiger partial charge < -0.3 is 4.74 Å². The van der Waals surface area contributed by atoms with Gasteiger partial charge in [0.05, 0.1) is 11.1 Å². The van der Waals surface area contributed by atoms with E-state index in [4.69, 9.17) is 9.94 Å². The molecule has 9 nitrogen and oxygen atoms in total. The van der Waals surface area contributed by atoms with E-state index in [-0.39, 0.29) is 17.4 Å². The summed E-state index contributed by atoms with van der Waals surface area (Å²) in [6.07, 6.45) is 4.88. The lowest BCUT2D eigenvalue weighted by Gasteiger charge is -2.37.